The van der Waals surface area contributed by atoms with Crippen LogP contribution in [0, 0.1) is 0 Å². The van der Waals surface area contributed by atoms with Gasteiger partial charge in [0, 0.05) is 12.4 Å². The lowest BCUT2D eigenvalue weighted by molar-refractivity contribution is 0.0631. The molecule has 1 aromatic heterocycles. The first-order valence-electron chi connectivity index (χ1n) is 6.39. The van der Waals surface area contributed by atoms with E-state index in [1.165, 1.54) is 19.5 Å². The minimum atomic E-state index is -2.63. The van der Waals surface area contributed by atoms with Crippen LogP contribution in [0.1, 0.15) is 24.9 Å². The van der Waals surface area contributed by atoms with E-state index >= 15 is 0 Å². The normalized spacial score (nSPS) is 11.3. The standard InChI is InChI=1S/C15H16F2N2O2/c1-3-4-11-5-6-12(13(9-11)20-2)21-10-14-18-7-8-19(14)15(16)17/h3-9,15H,10H2,1-2H3/b4-3+. The highest BCUT2D eigenvalue weighted by Gasteiger charge is 2.13. The van der Waals surface area contributed by atoms with Gasteiger partial charge in [-0.1, -0.05) is 18.2 Å². The molecule has 0 aliphatic carbocycles. The molecule has 112 valence electrons. The Labute approximate surface area is 121 Å². The largest absolute Gasteiger partial charge is 0.493 e. The monoisotopic (exact) mass is 294 g/mol. The fourth-order valence-electron chi connectivity index (χ4n) is 1.88. The van der Waals surface area contributed by atoms with Gasteiger partial charge in [0.25, 0.3) is 0 Å². The molecule has 0 fully saturated rings. The number of aromatic nitrogens is 2. The summed E-state index contributed by atoms with van der Waals surface area (Å²) in [6.45, 7) is -0.775. The predicted octanol–water partition coefficient (Wildman–Crippen LogP) is 3.90. The van der Waals surface area contributed by atoms with Crippen LogP contribution in [-0.4, -0.2) is 16.7 Å². The van der Waals surface area contributed by atoms with Crippen molar-refractivity contribution in [2.24, 2.45) is 0 Å². The first-order chi connectivity index (χ1) is 10.2. The van der Waals surface area contributed by atoms with Gasteiger partial charge in [-0.2, -0.15) is 8.78 Å². The van der Waals surface area contributed by atoms with Crippen LogP contribution in [0.5, 0.6) is 11.5 Å². The molecular weight excluding hydrogens is 278 g/mol. The van der Waals surface area contributed by atoms with Gasteiger partial charge in [-0.25, -0.2) is 4.98 Å². The van der Waals surface area contributed by atoms with Gasteiger partial charge in [0.2, 0.25) is 0 Å². The lowest BCUT2D eigenvalue weighted by Crippen LogP contribution is -2.07. The van der Waals surface area contributed by atoms with E-state index in [-0.39, 0.29) is 12.4 Å². The van der Waals surface area contributed by atoms with Crippen molar-refractivity contribution in [3.05, 3.63) is 48.1 Å². The third-order valence-corrected chi connectivity index (χ3v) is 2.86. The van der Waals surface area contributed by atoms with Gasteiger partial charge in [-0.05, 0) is 24.6 Å². The number of benzene rings is 1. The molecule has 6 heteroatoms. The number of hydrogen-bond donors (Lipinski definition) is 0. The Morgan fingerprint density at radius 3 is 2.81 bits per heavy atom. The van der Waals surface area contributed by atoms with Gasteiger partial charge < -0.3 is 9.47 Å². The molecule has 1 aromatic carbocycles. The molecule has 0 saturated heterocycles. The lowest BCUT2D eigenvalue weighted by atomic mass is 10.2. The summed E-state index contributed by atoms with van der Waals surface area (Å²) in [5, 5.41) is 0. The minimum absolute atomic E-state index is 0.0589. The summed E-state index contributed by atoms with van der Waals surface area (Å²) < 4.78 is 37.0. The second-order valence-corrected chi connectivity index (χ2v) is 4.23. The van der Waals surface area contributed by atoms with Gasteiger partial charge in [0.1, 0.15) is 6.61 Å². The highest BCUT2D eigenvalue weighted by atomic mass is 19.3. The maximum Gasteiger partial charge on any atom is 0.320 e. The molecule has 2 rings (SSSR count). The topological polar surface area (TPSA) is 36.3 Å². The van der Waals surface area contributed by atoms with Gasteiger partial charge >= 0.3 is 6.55 Å². The minimum Gasteiger partial charge on any atom is -0.493 e. The molecule has 0 spiro atoms. The first-order valence-corrected chi connectivity index (χ1v) is 6.39. The summed E-state index contributed by atoms with van der Waals surface area (Å²) >= 11 is 0. The summed E-state index contributed by atoms with van der Waals surface area (Å²) in [6, 6.07) is 5.41. The van der Waals surface area contributed by atoms with E-state index in [1.54, 1.807) is 6.07 Å². The number of halogens is 2. The quantitative estimate of drug-likeness (QED) is 0.810. The highest BCUT2D eigenvalue weighted by molar-refractivity contribution is 5.55. The smallest absolute Gasteiger partial charge is 0.320 e. The van der Waals surface area contributed by atoms with E-state index in [0.29, 0.717) is 11.5 Å². The Balaban J connectivity index is 2.14. The van der Waals surface area contributed by atoms with Gasteiger partial charge in [-0.15, -0.1) is 0 Å². The zero-order valence-electron chi connectivity index (χ0n) is 11.8. The van der Waals surface area contributed by atoms with E-state index in [2.05, 4.69) is 4.98 Å². The molecule has 1 heterocycles. The highest BCUT2D eigenvalue weighted by Crippen LogP contribution is 2.29. The Morgan fingerprint density at radius 1 is 1.33 bits per heavy atom. The van der Waals surface area contributed by atoms with Crippen LogP contribution < -0.4 is 9.47 Å². The third-order valence-electron chi connectivity index (χ3n) is 2.86. The predicted molar refractivity (Wildman–Crippen MR) is 75.5 cm³/mol. The molecule has 4 nitrogen and oxygen atoms in total. The van der Waals surface area contributed by atoms with Gasteiger partial charge in [-0.3, -0.25) is 4.57 Å². The number of rotatable bonds is 6. The Morgan fingerprint density at radius 2 is 2.14 bits per heavy atom. The fourth-order valence-corrected chi connectivity index (χ4v) is 1.88. The van der Waals surface area contributed by atoms with Crippen LogP contribution in [0.4, 0.5) is 8.78 Å². The SMILES string of the molecule is C/C=C/c1ccc(OCc2nccn2C(F)F)c(OC)c1. The number of alkyl halides is 2. The first kappa shape index (κ1) is 15.0. The van der Waals surface area contributed by atoms with Gasteiger partial charge in [0.15, 0.2) is 17.3 Å². The Bertz CT molecular complexity index is 624. The molecule has 0 radical (unpaired) electrons. The van der Waals surface area contributed by atoms with Crippen molar-refractivity contribution >= 4 is 6.08 Å². The van der Waals surface area contributed by atoms with Crippen molar-refractivity contribution in [2.75, 3.05) is 7.11 Å². The molecule has 0 atom stereocenters. The summed E-state index contributed by atoms with van der Waals surface area (Å²) in [7, 11) is 1.53. The lowest BCUT2D eigenvalue weighted by Gasteiger charge is -2.12. The second-order valence-electron chi connectivity index (χ2n) is 4.23. The molecule has 0 bridgehead atoms. The van der Waals surface area contributed by atoms with E-state index in [4.69, 9.17) is 9.47 Å². The van der Waals surface area contributed by atoms with E-state index in [0.717, 1.165) is 10.1 Å². The van der Waals surface area contributed by atoms with Gasteiger partial charge in [0.05, 0.1) is 7.11 Å². The van der Waals surface area contributed by atoms with Crippen molar-refractivity contribution in [2.45, 2.75) is 20.1 Å². The van der Waals surface area contributed by atoms with Crippen LogP contribution >= 0.6 is 0 Å². The summed E-state index contributed by atoms with van der Waals surface area (Å²) in [5.74, 6) is 1.18. The fraction of sp³-hybridized carbons (Fsp3) is 0.267. The van der Waals surface area contributed by atoms with Crippen molar-refractivity contribution < 1.29 is 18.3 Å². The second kappa shape index (κ2) is 6.88. The number of allylic oxidation sites excluding steroid dienone is 1. The van der Waals surface area contributed by atoms with Crippen LogP contribution in [0.15, 0.2) is 36.7 Å². The molecule has 2 aromatic rings. The molecule has 0 N–H and O–H groups in total. The Kier molecular flexibility index (Phi) is 4.92. The average Bonchev–Trinajstić information content (AvgIpc) is 2.94. The zero-order chi connectivity index (χ0) is 15.2. The average molecular weight is 294 g/mol. The van der Waals surface area contributed by atoms with E-state index in [1.807, 2.05) is 31.2 Å². The van der Waals surface area contributed by atoms with Crippen LogP contribution in [0.3, 0.4) is 0 Å². The molecule has 0 aliphatic rings. The molecule has 0 amide bonds. The van der Waals surface area contributed by atoms with Crippen molar-refractivity contribution in [1.29, 1.82) is 0 Å². The van der Waals surface area contributed by atoms with E-state index in [9.17, 15) is 8.78 Å². The maximum absolute atomic E-state index is 12.7. The molecule has 0 aliphatic heterocycles. The maximum atomic E-state index is 12.7. The van der Waals surface area contributed by atoms with Crippen LogP contribution in [0.2, 0.25) is 0 Å². The zero-order valence-corrected chi connectivity index (χ0v) is 11.8. The van der Waals surface area contributed by atoms with Crippen LogP contribution in [0.25, 0.3) is 6.08 Å². The van der Waals surface area contributed by atoms with Crippen molar-refractivity contribution in [3.8, 4) is 11.5 Å². The molecule has 0 unspecified atom stereocenters. The summed E-state index contributed by atoms with van der Waals surface area (Å²) in [4.78, 5) is 3.86. The van der Waals surface area contributed by atoms with Crippen LogP contribution in [-0.2, 0) is 6.61 Å². The molecule has 21 heavy (non-hydrogen) atoms. The number of nitrogens with zero attached hydrogens (tertiary/aromatic N) is 2. The van der Waals surface area contributed by atoms with E-state index < -0.39 is 6.55 Å². The summed E-state index contributed by atoms with van der Waals surface area (Å²) in [5.41, 5.74) is 0.968. The third kappa shape index (κ3) is 3.59. The molecular formula is C15H16F2N2O2. The van der Waals surface area contributed by atoms with Crippen molar-refractivity contribution in [3.63, 3.8) is 0 Å². The number of ether oxygens (including phenoxy) is 2. The molecule has 0 saturated carbocycles. The number of methoxy groups -OCH3 is 1. The van der Waals surface area contributed by atoms with Crippen molar-refractivity contribution in [1.82, 2.24) is 9.55 Å². The summed E-state index contributed by atoms with van der Waals surface area (Å²) in [6.07, 6.45) is 6.37. The Hall–Kier alpha value is -2.37. The number of hydrogen-bond acceptors (Lipinski definition) is 3. The number of imidazole rings is 1.